The maximum atomic E-state index is 13.8. The van der Waals surface area contributed by atoms with E-state index in [0.717, 1.165) is 9.87 Å². The van der Waals surface area contributed by atoms with Crippen molar-refractivity contribution in [3.05, 3.63) is 88.4 Å². The van der Waals surface area contributed by atoms with Gasteiger partial charge in [-0.25, -0.2) is 8.42 Å². The van der Waals surface area contributed by atoms with Crippen LogP contribution in [0.25, 0.3) is 0 Å². The highest BCUT2D eigenvalue weighted by Gasteiger charge is 2.32. The molecule has 3 aromatic carbocycles. The van der Waals surface area contributed by atoms with Gasteiger partial charge >= 0.3 is 0 Å². The van der Waals surface area contributed by atoms with Crippen molar-refractivity contribution in [2.45, 2.75) is 31.3 Å². The molecule has 0 aliphatic rings. The zero-order valence-corrected chi connectivity index (χ0v) is 23.6. The van der Waals surface area contributed by atoms with E-state index in [1.54, 1.807) is 55.5 Å². The number of amides is 2. The van der Waals surface area contributed by atoms with Crippen molar-refractivity contribution in [2.24, 2.45) is 0 Å². The molecule has 2 amide bonds. The number of ether oxygens (including phenoxy) is 1. The first kappa shape index (κ1) is 29.3. The van der Waals surface area contributed by atoms with Crippen LogP contribution in [0.2, 0.25) is 10.0 Å². The highest BCUT2D eigenvalue weighted by molar-refractivity contribution is 7.92. The van der Waals surface area contributed by atoms with Gasteiger partial charge in [-0.15, -0.1) is 0 Å². The number of halogens is 2. The molecule has 8 nitrogen and oxygen atoms in total. The lowest BCUT2D eigenvalue weighted by molar-refractivity contribution is -0.139. The number of hydrogen-bond acceptors (Lipinski definition) is 5. The summed E-state index contributed by atoms with van der Waals surface area (Å²) in [5.74, 6) is -0.396. The highest BCUT2D eigenvalue weighted by atomic mass is 35.5. The molecule has 3 rings (SSSR count). The summed E-state index contributed by atoms with van der Waals surface area (Å²) in [5.41, 5.74) is 0.988. The number of carbonyl (C=O) groups excluding carboxylic acids is 2. The van der Waals surface area contributed by atoms with Gasteiger partial charge in [-0.05, 0) is 80.1 Å². The number of nitrogens with one attached hydrogen (secondary N) is 1. The van der Waals surface area contributed by atoms with Gasteiger partial charge in [-0.3, -0.25) is 13.9 Å². The summed E-state index contributed by atoms with van der Waals surface area (Å²) in [6.45, 7) is 3.40. The lowest BCUT2D eigenvalue weighted by Crippen LogP contribution is -2.50. The molecule has 0 spiro atoms. The van der Waals surface area contributed by atoms with E-state index in [-0.39, 0.29) is 23.0 Å². The molecule has 0 unspecified atom stereocenters. The largest absolute Gasteiger partial charge is 0.494 e. The molecule has 0 radical (unpaired) electrons. The third-order valence-electron chi connectivity index (χ3n) is 5.80. The molecule has 202 valence electrons. The van der Waals surface area contributed by atoms with Crippen LogP contribution < -0.4 is 14.4 Å². The van der Waals surface area contributed by atoms with E-state index in [1.165, 1.54) is 36.2 Å². The van der Waals surface area contributed by atoms with Crippen LogP contribution in [0.15, 0.2) is 77.7 Å². The van der Waals surface area contributed by atoms with Crippen LogP contribution >= 0.6 is 23.2 Å². The van der Waals surface area contributed by atoms with Gasteiger partial charge in [-0.1, -0.05) is 35.3 Å². The minimum atomic E-state index is -4.19. The van der Waals surface area contributed by atoms with E-state index in [4.69, 9.17) is 27.9 Å². The van der Waals surface area contributed by atoms with Crippen LogP contribution in [0.4, 0.5) is 5.69 Å². The Hall–Kier alpha value is -3.27. The minimum Gasteiger partial charge on any atom is -0.494 e. The fourth-order valence-electron chi connectivity index (χ4n) is 3.72. The van der Waals surface area contributed by atoms with E-state index in [9.17, 15) is 18.0 Å². The Morgan fingerprint density at radius 3 is 2.00 bits per heavy atom. The SMILES string of the molecule is CCOc1ccc(N(CC(=O)N(Cc2ccc(Cl)cc2)[C@H](C)C(=O)NC)S(=O)(=O)c2ccc(Cl)cc2)cc1. The van der Waals surface area contributed by atoms with E-state index < -0.39 is 28.5 Å². The average Bonchev–Trinajstić information content (AvgIpc) is 2.91. The zero-order valence-electron chi connectivity index (χ0n) is 21.2. The summed E-state index contributed by atoms with van der Waals surface area (Å²) in [6.07, 6.45) is 0. The lowest BCUT2D eigenvalue weighted by atomic mass is 10.1. The minimum absolute atomic E-state index is 0.0350. The third kappa shape index (κ3) is 7.18. The summed E-state index contributed by atoms with van der Waals surface area (Å²) in [7, 11) is -2.71. The molecule has 0 saturated heterocycles. The molecular formula is C27H29Cl2N3O5S. The monoisotopic (exact) mass is 577 g/mol. The zero-order chi connectivity index (χ0) is 27.9. The van der Waals surface area contributed by atoms with Gasteiger partial charge in [-0.2, -0.15) is 0 Å². The number of benzene rings is 3. The van der Waals surface area contributed by atoms with Gasteiger partial charge in [0.15, 0.2) is 0 Å². The molecule has 11 heteroatoms. The van der Waals surface area contributed by atoms with Crippen molar-refractivity contribution in [1.82, 2.24) is 10.2 Å². The summed E-state index contributed by atoms with van der Waals surface area (Å²) in [4.78, 5) is 27.6. The maximum Gasteiger partial charge on any atom is 0.264 e. The highest BCUT2D eigenvalue weighted by Crippen LogP contribution is 2.27. The van der Waals surface area contributed by atoms with E-state index in [0.29, 0.717) is 22.4 Å². The van der Waals surface area contributed by atoms with E-state index >= 15 is 0 Å². The van der Waals surface area contributed by atoms with Crippen molar-refractivity contribution in [2.75, 3.05) is 24.5 Å². The fraction of sp³-hybridized carbons (Fsp3) is 0.259. The fourth-order valence-corrected chi connectivity index (χ4v) is 5.38. The molecule has 0 saturated carbocycles. The number of anilines is 1. The van der Waals surface area contributed by atoms with Crippen LogP contribution in [0.3, 0.4) is 0 Å². The van der Waals surface area contributed by atoms with Gasteiger partial charge in [0.2, 0.25) is 11.8 Å². The first-order valence-electron chi connectivity index (χ1n) is 11.8. The predicted octanol–water partition coefficient (Wildman–Crippen LogP) is 4.75. The second kappa shape index (κ2) is 13.0. The molecule has 1 atom stereocenters. The Balaban J connectivity index is 2.02. The van der Waals surface area contributed by atoms with Crippen LogP contribution in [0.1, 0.15) is 19.4 Å². The number of rotatable bonds is 11. The van der Waals surface area contributed by atoms with E-state index in [1.807, 2.05) is 6.92 Å². The first-order valence-corrected chi connectivity index (χ1v) is 14.0. The number of carbonyl (C=O) groups is 2. The topological polar surface area (TPSA) is 96.0 Å². The van der Waals surface area contributed by atoms with Crippen molar-refractivity contribution in [3.8, 4) is 5.75 Å². The van der Waals surface area contributed by atoms with Gasteiger partial charge in [0.1, 0.15) is 18.3 Å². The Bertz CT molecular complexity index is 1350. The summed E-state index contributed by atoms with van der Waals surface area (Å²) >= 11 is 12.0. The number of sulfonamides is 1. The second-order valence-corrected chi connectivity index (χ2v) is 11.1. The molecule has 3 aromatic rings. The molecule has 0 heterocycles. The standard InChI is InChI=1S/C27H29Cl2N3O5S/c1-4-37-24-13-11-23(12-14-24)32(38(35,36)25-15-9-22(29)10-16-25)18-26(33)31(19(2)27(34)30-3)17-20-5-7-21(28)8-6-20/h5-16,19H,4,17-18H2,1-3H3,(H,30,34)/t19-/m1/s1. The molecule has 0 aromatic heterocycles. The quantitative estimate of drug-likeness (QED) is 0.354. The van der Waals surface area contributed by atoms with Gasteiger partial charge < -0.3 is 15.0 Å². The Morgan fingerprint density at radius 2 is 1.47 bits per heavy atom. The van der Waals surface area contributed by atoms with Crippen LogP contribution in [-0.2, 0) is 26.2 Å². The smallest absolute Gasteiger partial charge is 0.264 e. The number of nitrogens with zero attached hydrogens (tertiary/aromatic N) is 2. The Kier molecular flexibility index (Phi) is 10.0. The van der Waals surface area contributed by atoms with Gasteiger partial charge in [0.25, 0.3) is 10.0 Å². The van der Waals surface area contributed by atoms with Gasteiger partial charge in [0.05, 0.1) is 17.2 Å². The molecule has 0 aliphatic carbocycles. The summed E-state index contributed by atoms with van der Waals surface area (Å²) < 4.78 is 34.0. The predicted molar refractivity (Wildman–Crippen MR) is 149 cm³/mol. The maximum absolute atomic E-state index is 13.8. The summed E-state index contributed by atoms with van der Waals surface area (Å²) in [5, 5.41) is 3.45. The summed E-state index contributed by atoms with van der Waals surface area (Å²) in [6, 6.07) is 18.1. The molecule has 38 heavy (non-hydrogen) atoms. The molecule has 0 aliphatic heterocycles. The lowest BCUT2D eigenvalue weighted by Gasteiger charge is -2.31. The second-order valence-electron chi connectivity index (χ2n) is 8.33. The Labute approximate surface area is 233 Å². The van der Waals surface area contributed by atoms with Crippen LogP contribution in [0.5, 0.6) is 5.75 Å². The number of hydrogen-bond donors (Lipinski definition) is 1. The molecular weight excluding hydrogens is 549 g/mol. The third-order valence-corrected chi connectivity index (χ3v) is 8.09. The van der Waals surface area contributed by atoms with Gasteiger partial charge in [0, 0.05) is 23.6 Å². The molecule has 1 N–H and O–H groups in total. The Morgan fingerprint density at radius 1 is 0.921 bits per heavy atom. The van der Waals surface area contributed by atoms with Crippen LogP contribution in [-0.4, -0.2) is 51.4 Å². The average molecular weight is 579 g/mol. The van der Waals surface area contributed by atoms with E-state index in [2.05, 4.69) is 5.32 Å². The van der Waals surface area contributed by atoms with Crippen molar-refractivity contribution < 1.29 is 22.7 Å². The van der Waals surface area contributed by atoms with Crippen molar-refractivity contribution in [3.63, 3.8) is 0 Å². The van der Waals surface area contributed by atoms with Crippen molar-refractivity contribution in [1.29, 1.82) is 0 Å². The van der Waals surface area contributed by atoms with Crippen LogP contribution in [0, 0.1) is 0 Å². The number of likely N-dealkylation sites (N-methyl/N-ethyl adjacent to an activating group) is 1. The molecule has 0 fully saturated rings. The van der Waals surface area contributed by atoms with Crippen molar-refractivity contribution >= 4 is 50.7 Å². The molecule has 0 bridgehead atoms. The normalized spacial score (nSPS) is 11.9. The first-order chi connectivity index (χ1) is 18.1.